The van der Waals surface area contributed by atoms with Gasteiger partial charge in [-0.15, -0.1) is 10.2 Å². The molecule has 214 valence electrons. The molecule has 0 amide bonds. The summed E-state index contributed by atoms with van der Waals surface area (Å²) in [6, 6.07) is 11.4. The Morgan fingerprint density at radius 1 is 1.15 bits per heavy atom. The SMILES string of the molecule is CC(C)[C@H]1CNCCN1Cc1cc2c(C3CC3)cn(-c3cccc(C4(c5nncn5C)CC5(CC5)C4)c3)c(=O)c2[nH]1. The monoisotopic (exact) mass is 551 g/mol. The highest BCUT2D eigenvalue weighted by Gasteiger charge is 2.63. The van der Waals surface area contributed by atoms with Crippen LogP contribution < -0.4 is 10.9 Å². The molecule has 4 heterocycles. The number of pyridine rings is 1. The molecule has 1 saturated heterocycles. The number of piperazine rings is 1. The first-order valence-electron chi connectivity index (χ1n) is 15.5. The van der Waals surface area contributed by atoms with Gasteiger partial charge in [0.15, 0.2) is 0 Å². The summed E-state index contributed by atoms with van der Waals surface area (Å²) < 4.78 is 3.98. The van der Waals surface area contributed by atoms with Crippen molar-refractivity contribution in [1.82, 2.24) is 34.5 Å². The van der Waals surface area contributed by atoms with Gasteiger partial charge >= 0.3 is 0 Å². The highest BCUT2D eigenvalue weighted by atomic mass is 16.1. The van der Waals surface area contributed by atoms with Crippen LogP contribution >= 0.6 is 0 Å². The Morgan fingerprint density at radius 3 is 2.68 bits per heavy atom. The van der Waals surface area contributed by atoms with Crippen LogP contribution in [0.4, 0.5) is 0 Å². The normalized spacial score (nSPS) is 23.4. The van der Waals surface area contributed by atoms with Crippen molar-refractivity contribution in [3.8, 4) is 5.69 Å². The molecule has 3 saturated carbocycles. The molecule has 0 unspecified atom stereocenters. The van der Waals surface area contributed by atoms with Gasteiger partial charge in [-0.05, 0) is 85.1 Å². The summed E-state index contributed by atoms with van der Waals surface area (Å²) in [5.74, 6) is 2.15. The molecule has 0 bridgehead atoms. The minimum Gasteiger partial charge on any atom is -0.353 e. The highest BCUT2D eigenvalue weighted by Crippen LogP contribution is 2.70. The number of nitrogens with zero attached hydrogens (tertiary/aromatic N) is 5. The van der Waals surface area contributed by atoms with Gasteiger partial charge in [0, 0.05) is 62.2 Å². The molecule has 8 heteroatoms. The van der Waals surface area contributed by atoms with Gasteiger partial charge < -0.3 is 14.9 Å². The Bertz CT molecular complexity index is 1680. The Labute approximate surface area is 241 Å². The van der Waals surface area contributed by atoms with Crippen LogP contribution in [0.3, 0.4) is 0 Å². The number of H-pyrrole nitrogens is 1. The molecule has 41 heavy (non-hydrogen) atoms. The molecule has 1 aliphatic heterocycles. The minimum atomic E-state index is -0.138. The standard InChI is InChI=1S/C33H41N7O/c1-21(2)28-15-34-11-12-39(28)16-24-14-26-27(22-7-8-22)17-40(30(41)29(26)36-24)25-6-4-5-23(13-25)33(18-32(19-33)9-10-32)31-37-35-20-38(31)3/h4-6,13-14,17,20-22,28,34,36H,7-12,15-16,18-19H2,1-3H3/t28-/m1/s1. The zero-order chi connectivity index (χ0) is 27.9. The van der Waals surface area contributed by atoms with Crippen LogP contribution in [-0.4, -0.2) is 54.9 Å². The van der Waals surface area contributed by atoms with E-state index in [0.717, 1.165) is 67.1 Å². The fourth-order valence-corrected chi connectivity index (χ4v) is 8.05. The number of aromatic nitrogens is 5. The molecule has 3 aromatic heterocycles. The number of hydrogen-bond acceptors (Lipinski definition) is 5. The van der Waals surface area contributed by atoms with Crippen molar-refractivity contribution in [3.05, 3.63) is 75.9 Å². The Balaban J connectivity index is 1.19. The van der Waals surface area contributed by atoms with E-state index in [9.17, 15) is 4.79 Å². The van der Waals surface area contributed by atoms with E-state index in [1.165, 1.54) is 36.8 Å². The lowest BCUT2D eigenvalue weighted by atomic mass is 9.56. The lowest BCUT2D eigenvalue weighted by Crippen LogP contribution is -2.53. The fourth-order valence-electron chi connectivity index (χ4n) is 8.05. The maximum Gasteiger partial charge on any atom is 0.279 e. The molecule has 1 aromatic carbocycles. The van der Waals surface area contributed by atoms with Crippen molar-refractivity contribution in [2.24, 2.45) is 18.4 Å². The number of aromatic amines is 1. The van der Waals surface area contributed by atoms with Crippen molar-refractivity contribution in [1.29, 1.82) is 0 Å². The van der Waals surface area contributed by atoms with Gasteiger partial charge in [-0.2, -0.15) is 0 Å². The summed E-state index contributed by atoms with van der Waals surface area (Å²) in [7, 11) is 2.05. The summed E-state index contributed by atoms with van der Waals surface area (Å²) in [4.78, 5) is 20.3. The van der Waals surface area contributed by atoms with Crippen LogP contribution in [0.15, 0.2) is 47.7 Å². The predicted octanol–water partition coefficient (Wildman–Crippen LogP) is 4.61. The molecule has 3 aliphatic carbocycles. The van der Waals surface area contributed by atoms with E-state index in [1.54, 1.807) is 0 Å². The molecule has 8 rings (SSSR count). The summed E-state index contributed by atoms with van der Waals surface area (Å²) >= 11 is 0. The molecule has 4 aromatic rings. The van der Waals surface area contributed by atoms with Crippen LogP contribution in [-0.2, 0) is 19.0 Å². The highest BCUT2D eigenvalue weighted by molar-refractivity contribution is 5.84. The smallest absolute Gasteiger partial charge is 0.279 e. The van der Waals surface area contributed by atoms with Crippen molar-refractivity contribution in [2.45, 2.75) is 76.3 Å². The third kappa shape index (κ3) is 4.13. The second-order valence-electron chi connectivity index (χ2n) is 13.9. The Hall–Kier alpha value is -3.23. The number of aryl methyl sites for hydroxylation is 1. The second kappa shape index (κ2) is 9.13. The summed E-state index contributed by atoms with van der Waals surface area (Å²) in [6.07, 6.45) is 11.2. The van der Waals surface area contributed by atoms with Crippen LogP contribution in [0.2, 0.25) is 0 Å². The number of fused-ring (bicyclic) bond motifs is 1. The summed E-state index contributed by atoms with van der Waals surface area (Å²) in [5.41, 5.74) is 5.75. The lowest BCUT2D eigenvalue weighted by Gasteiger charge is -2.48. The van der Waals surface area contributed by atoms with Crippen molar-refractivity contribution in [3.63, 3.8) is 0 Å². The van der Waals surface area contributed by atoms with E-state index in [4.69, 9.17) is 0 Å². The van der Waals surface area contributed by atoms with Gasteiger partial charge in [0.25, 0.3) is 5.56 Å². The zero-order valence-corrected chi connectivity index (χ0v) is 24.5. The van der Waals surface area contributed by atoms with E-state index in [1.807, 2.05) is 17.9 Å². The van der Waals surface area contributed by atoms with Gasteiger partial charge in [0.2, 0.25) is 0 Å². The topological polar surface area (TPSA) is 83.8 Å². The zero-order valence-electron chi connectivity index (χ0n) is 24.5. The van der Waals surface area contributed by atoms with Crippen molar-refractivity contribution < 1.29 is 0 Å². The van der Waals surface area contributed by atoms with Crippen molar-refractivity contribution in [2.75, 3.05) is 19.6 Å². The van der Waals surface area contributed by atoms with Gasteiger partial charge in [0.1, 0.15) is 17.7 Å². The van der Waals surface area contributed by atoms with Crippen LogP contribution in [0.25, 0.3) is 16.6 Å². The molecule has 1 spiro atoms. The van der Waals surface area contributed by atoms with Gasteiger partial charge in [-0.3, -0.25) is 14.3 Å². The van der Waals surface area contributed by atoms with Gasteiger partial charge in [-0.25, -0.2) is 0 Å². The average molecular weight is 552 g/mol. The minimum absolute atomic E-state index is 0.0356. The van der Waals surface area contributed by atoms with E-state index < -0.39 is 0 Å². The number of benzene rings is 1. The van der Waals surface area contributed by atoms with Crippen LogP contribution in [0.5, 0.6) is 0 Å². The maximum absolute atomic E-state index is 14.1. The molecular formula is C33H41N7O. The fraction of sp³-hybridized carbons (Fsp3) is 0.545. The summed E-state index contributed by atoms with van der Waals surface area (Å²) in [6.45, 7) is 8.51. The first kappa shape index (κ1) is 25.5. The first-order chi connectivity index (χ1) is 19.9. The predicted molar refractivity (Wildman–Crippen MR) is 160 cm³/mol. The molecule has 1 atom stereocenters. The van der Waals surface area contributed by atoms with E-state index >= 15 is 0 Å². The third-order valence-electron chi connectivity index (χ3n) is 10.6. The molecule has 4 fully saturated rings. The largest absolute Gasteiger partial charge is 0.353 e. The lowest BCUT2D eigenvalue weighted by molar-refractivity contribution is 0.116. The number of nitrogens with one attached hydrogen (secondary N) is 2. The van der Waals surface area contributed by atoms with Gasteiger partial charge in [0.05, 0.1) is 5.41 Å². The van der Waals surface area contributed by atoms with Crippen molar-refractivity contribution >= 4 is 10.9 Å². The average Bonchev–Trinajstić information content (AvgIpc) is 3.86. The molecule has 8 nitrogen and oxygen atoms in total. The molecule has 4 aliphatic rings. The number of hydrogen-bond donors (Lipinski definition) is 2. The molecule has 0 radical (unpaired) electrons. The van der Waals surface area contributed by atoms with Crippen LogP contribution in [0, 0.1) is 11.3 Å². The van der Waals surface area contributed by atoms with E-state index in [-0.39, 0.29) is 11.0 Å². The molecule has 2 N–H and O–H groups in total. The quantitative estimate of drug-likeness (QED) is 0.350. The van der Waals surface area contributed by atoms with E-state index in [0.29, 0.717) is 23.3 Å². The van der Waals surface area contributed by atoms with Crippen LogP contribution in [0.1, 0.15) is 80.9 Å². The first-order valence-corrected chi connectivity index (χ1v) is 15.5. The summed E-state index contributed by atoms with van der Waals surface area (Å²) in [5, 5.41) is 13.5. The number of rotatable bonds is 7. The Morgan fingerprint density at radius 2 is 1.98 bits per heavy atom. The molecular weight excluding hydrogens is 510 g/mol. The Kier molecular flexibility index (Phi) is 5.68. The third-order valence-corrected chi connectivity index (χ3v) is 10.6. The van der Waals surface area contributed by atoms with E-state index in [2.05, 4.69) is 80.3 Å². The maximum atomic E-state index is 14.1. The second-order valence-corrected chi connectivity index (χ2v) is 13.9. The van der Waals surface area contributed by atoms with Gasteiger partial charge in [-0.1, -0.05) is 26.0 Å².